The first kappa shape index (κ1) is 16.2. The number of hydrogen-bond acceptors (Lipinski definition) is 4. The van der Waals surface area contributed by atoms with Gasteiger partial charge >= 0.3 is 0 Å². The van der Waals surface area contributed by atoms with E-state index in [1.54, 1.807) is 22.5 Å². The highest BCUT2D eigenvalue weighted by Crippen LogP contribution is 2.26. The zero-order chi connectivity index (χ0) is 15.7. The van der Waals surface area contributed by atoms with Crippen LogP contribution in [0.25, 0.3) is 0 Å². The molecule has 0 aliphatic carbocycles. The second-order valence-corrected chi connectivity index (χ2v) is 8.40. The van der Waals surface area contributed by atoms with Crippen molar-refractivity contribution < 1.29 is 13.5 Å². The van der Waals surface area contributed by atoms with Crippen molar-refractivity contribution in [3.05, 3.63) is 29.3 Å². The van der Waals surface area contributed by atoms with E-state index in [-0.39, 0.29) is 11.0 Å². The first-order valence-corrected chi connectivity index (χ1v) is 9.46. The van der Waals surface area contributed by atoms with E-state index in [0.717, 1.165) is 25.8 Å². The number of piperidine rings is 1. The number of sulfonamides is 1. The van der Waals surface area contributed by atoms with Gasteiger partial charge < -0.3 is 5.11 Å². The molecule has 2 fully saturated rings. The fraction of sp³-hybridized carbons (Fsp3) is 0.600. The fourth-order valence-electron chi connectivity index (χ4n) is 3.32. The maximum Gasteiger partial charge on any atom is 0.243 e. The van der Waals surface area contributed by atoms with Gasteiger partial charge in [-0.2, -0.15) is 4.31 Å². The number of benzene rings is 1. The summed E-state index contributed by atoms with van der Waals surface area (Å²) in [5, 5.41) is 10.1. The fourth-order valence-corrected chi connectivity index (χ4v) is 5.10. The van der Waals surface area contributed by atoms with E-state index < -0.39 is 10.0 Å². The quantitative estimate of drug-likeness (QED) is 0.904. The van der Waals surface area contributed by atoms with E-state index in [1.165, 1.54) is 6.07 Å². The molecule has 2 aliphatic rings. The third kappa shape index (κ3) is 3.31. The van der Waals surface area contributed by atoms with Gasteiger partial charge in [0.15, 0.2) is 0 Å². The minimum Gasteiger partial charge on any atom is -0.392 e. The lowest BCUT2D eigenvalue weighted by Gasteiger charge is -2.36. The number of hydrogen-bond donors (Lipinski definition) is 1. The third-order valence-corrected chi connectivity index (χ3v) is 6.70. The predicted octanol–water partition coefficient (Wildman–Crippen LogP) is 1.56. The topological polar surface area (TPSA) is 60.9 Å². The minimum atomic E-state index is -3.46. The standard InChI is InChI=1S/C15H21ClN2O3S/c16-12-2-1-3-15(10-12)22(20,21)18-8-4-13(5-9-18)17-7-6-14(19)11-17/h1-3,10,13-14,19H,4-9,11H2/t14-/m0/s1. The van der Waals surface area contributed by atoms with Crippen LogP contribution in [0.3, 0.4) is 0 Å². The van der Waals surface area contributed by atoms with E-state index >= 15 is 0 Å². The van der Waals surface area contributed by atoms with Crippen LogP contribution < -0.4 is 0 Å². The number of likely N-dealkylation sites (tertiary alicyclic amines) is 1. The Labute approximate surface area is 136 Å². The monoisotopic (exact) mass is 344 g/mol. The average Bonchev–Trinajstić information content (AvgIpc) is 2.94. The summed E-state index contributed by atoms with van der Waals surface area (Å²) in [6.07, 6.45) is 2.22. The van der Waals surface area contributed by atoms with Crippen LogP contribution in [-0.2, 0) is 10.0 Å². The summed E-state index contributed by atoms with van der Waals surface area (Å²) in [5.41, 5.74) is 0. The van der Waals surface area contributed by atoms with Crippen molar-refractivity contribution in [2.24, 2.45) is 0 Å². The summed E-state index contributed by atoms with van der Waals surface area (Å²) in [5.74, 6) is 0. The van der Waals surface area contributed by atoms with Crippen LogP contribution in [0.2, 0.25) is 5.02 Å². The normalized spacial score (nSPS) is 25.6. The highest BCUT2D eigenvalue weighted by molar-refractivity contribution is 7.89. The van der Waals surface area contributed by atoms with E-state index in [0.29, 0.717) is 30.7 Å². The van der Waals surface area contributed by atoms with Crippen molar-refractivity contribution in [2.75, 3.05) is 26.2 Å². The summed E-state index contributed by atoms with van der Waals surface area (Å²) >= 11 is 5.90. The number of halogens is 1. The second kappa shape index (κ2) is 6.45. The molecule has 1 N–H and O–H groups in total. The molecule has 1 aromatic carbocycles. The molecule has 5 nitrogen and oxygen atoms in total. The predicted molar refractivity (Wildman–Crippen MR) is 85.4 cm³/mol. The van der Waals surface area contributed by atoms with Crippen molar-refractivity contribution in [1.29, 1.82) is 0 Å². The molecule has 0 spiro atoms. The first-order chi connectivity index (χ1) is 10.5. The van der Waals surface area contributed by atoms with Crippen LogP contribution in [0.4, 0.5) is 0 Å². The van der Waals surface area contributed by atoms with Crippen LogP contribution in [0.15, 0.2) is 29.2 Å². The number of nitrogens with zero attached hydrogens (tertiary/aromatic N) is 2. The van der Waals surface area contributed by atoms with Crippen molar-refractivity contribution in [3.8, 4) is 0 Å². The highest BCUT2D eigenvalue weighted by atomic mass is 35.5. The maximum atomic E-state index is 12.6. The van der Waals surface area contributed by atoms with Crippen LogP contribution in [0.5, 0.6) is 0 Å². The van der Waals surface area contributed by atoms with E-state index in [4.69, 9.17) is 11.6 Å². The lowest BCUT2D eigenvalue weighted by Crippen LogP contribution is -2.46. The van der Waals surface area contributed by atoms with Gasteiger partial charge in [-0.1, -0.05) is 17.7 Å². The molecule has 3 rings (SSSR count). The Hall–Kier alpha value is -0.660. The van der Waals surface area contributed by atoms with Gasteiger partial charge in [-0.25, -0.2) is 8.42 Å². The summed E-state index contributed by atoms with van der Waals surface area (Å²) in [7, 11) is -3.46. The first-order valence-electron chi connectivity index (χ1n) is 7.64. The van der Waals surface area contributed by atoms with E-state index in [9.17, 15) is 13.5 Å². The number of aliphatic hydroxyl groups is 1. The molecular formula is C15H21ClN2O3S. The largest absolute Gasteiger partial charge is 0.392 e. The molecule has 0 unspecified atom stereocenters. The van der Waals surface area contributed by atoms with Gasteiger partial charge in [0.25, 0.3) is 0 Å². The van der Waals surface area contributed by atoms with Crippen LogP contribution in [-0.4, -0.2) is 61.1 Å². The summed E-state index contributed by atoms with van der Waals surface area (Å²) in [6, 6.07) is 6.80. The van der Waals surface area contributed by atoms with Gasteiger partial charge in [-0.3, -0.25) is 4.90 Å². The molecule has 22 heavy (non-hydrogen) atoms. The van der Waals surface area contributed by atoms with Crippen LogP contribution in [0.1, 0.15) is 19.3 Å². The maximum absolute atomic E-state index is 12.6. The van der Waals surface area contributed by atoms with Crippen molar-refractivity contribution in [3.63, 3.8) is 0 Å². The summed E-state index contributed by atoms with van der Waals surface area (Å²) in [6.45, 7) is 2.66. The van der Waals surface area contributed by atoms with Gasteiger partial charge in [0, 0.05) is 37.2 Å². The SMILES string of the molecule is O=S(=O)(c1cccc(Cl)c1)N1CCC(N2CC[C@H](O)C2)CC1. The van der Waals surface area contributed by atoms with Crippen molar-refractivity contribution >= 4 is 21.6 Å². The Balaban J connectivity index is 1.65. The average molecular weight is 345 g/mol. The highest BCUT2D eigenvalue weighted by Gasteiger charge is 2.34. The number of β-amino-alcohol motifs (C(OH)–C–C–N with tert-alkyl or cyclic N) is 1. The molecule has 0 radical (unpaired) electrons. The van der Waals surface area contributed by atoms with Crippen LogP contribution in [0, 0.1) is 0 Å². The van der Waals surface area contributed by atoms with Gasteiger partial charge in [0.05, 0.1) is 11.0 Å². The molecular weight excluding hydrogens is 324 g/mol. The molecule has 0 saturated carbocycles. The molecule has 2 saturated heterocycles. The molecule has 1 aromatic rings. The second-order valence-electron chi connectivity index (χ2n) is 6.03. The summed E-state index contributed by atoms with van der Waals surface area (Å²) < 4.78 is 26.8. The van der Waals surface area contributed by atoms with Crippen molar-refractivity contribution in [1.82, 2.24) is 9.21 Å². The third-order valence-electron chi connectivity index (χ3n) is 4.57. The molecule has 0 bridgehead atoms. The van der Waals surface area contributed by atoms with Gasteiger partial charge in [-0.15, -0.1) is 0 Å². The summed E-state index contributed by atoms with van der Waals surface area (Å²) in [4.78, 5) is 2.55. The Morgan fingerprint density at radius 1 is 1.14 bits per heavy atom. The molecule has 0 amide bonds. The Morgan fingerprint density at radius 3 is 2.45 bits per heavy atom. The molecule has 2 aliphatic heterocycles. The smallest absolute Gasteiger partial charge is 0.243 e. The van der Waals surface area contributed by atoms with Crippen molar-refractivity contribution in [2.45, 2.75) is 36.3 Å². The van der Waals surface area contributed by atoms with Gasteiger partial charge in [0.1, 0.15) is 0 Å². The zero-order valence-electron chi connectivity index (χ0n) is 12.4. The molecule has 7 heteroatoms. The van der Waals surface area contributed by atoms with Gasteiger partial charge in [-0.05, 0) is 37.5 Å². The molecule has 122 valence electrons. The Kier molecular flexibility index (Phi) is 4.75. The number of aliphatic hydroxyl groups excluding tert-OH is 1. The zero-order valence-corrected chi connectivity index (χ0v) is 13.9. The van der Waals surface area contributed by atoms with E-state index in [1.807, 2.05) is 0 Å². The lowest BCUT2D eigenvalue weighted by molar-refractivity contribution is 0.132. The molecule has 0 aromatic heterocycles. The Bertz CT molecular complexity index is 629. The van der Waals surface area contributed by atoms with Gasteiger partial charge in [0.2, 0.25) is 10.0 Å². The minimum absolute atomic E-state index is 0.228. The Morgan fingerprint density at radius 2 is 1.86 bits per heavy atom. The lowest BCUT2D eigenvalue weighted by atomic mass is 10.1. The molecule has 2 heterocycles. The van der Waals surface area contributed by atoms with E-state index in [2.05, 4.69) is 4.90 Å². The van der Waals surface area contributed by atoms with Crippen LogP contribution >= 0.6 is 11.6 Å². The molecule has 1 atom stereocenters. The number of rotatable bonds is 3.